The first-order valence-electron chi connectivity index (χ1n) is 13.8. The van der Waals surface area contributed by atoms with E-state index < -0.39 is 39.5 Å². The normalized spacial score (nSPS) is 24.6. The minimum atomic E-state index is -3.36. The van der Waals surface area contributed by atoms with Gasteiger partial charge in [-0.1, -0.05) is 18.2 Å². The van der Waals surface area contributed by atoms with Gasteiger partial charge in [0.1, 0.15) is 12.4 Å². The zero-order chi connectivity index (χ0) is 30.2. The Morgan fingerprint density at radius 3 is 2.45 bits per heavy atom. The Hall–Kier alpha value is -3.78. The molecule has 4 amide bonds. The molecule has 2 aliphatic heterocycles. The zero-order valence-corrected chi connectivity index (χ0v) is 24.3. The lowest BCUT2D eigenvalue weighted by Crippen LogP contribution is -2.51. The molecule has 2 heterocycles. The summed E-state index contributed by atoms with van der Waals surface area (Å²) in [6.45, 7) is 0.526. The number of halogens is 1. The number of allylic oxidation sites excluding steroid dienone is 3. The molecule has 3 fully saturated rings. The highest BCUT2D eigenvalue weighted by Gasteiger charge is 2.56. The lowest BCUT2D eigenvalue weighted by Gasteiger charge is -2.38. The van der Waals surface area contributed by atoms with Crippen LogP contribution in [0.3, 0.4) is 0 Å². The molecule has 42 heavy (non-hydrogen) atoms. The van der Waals surface area contributed by atoms with E-state index in [4.69, 9.17) is 4.74 Å². The molecule has 2 saturated heterocycles. The summed E-state index contributed by atoms with van der Waals surface area (Å²) >= 11 is 0. The van der Waals surface area contributed by atoms with Gasteiger partial charge in [-0.05, 0) is 55.0 Å². The second-order valence-corrected chi connectivity index (χ2v) is 13.1. The van der Waals surface area contributed by atoms with Gasteiger partial charge in [0.15, 0.2) is 11.4 Å². The van der Waals surface area contributed by atoms with E-state index in [1.54, 1.807) is 23.1 Å². The van der Waals surface area contributed by atoms with Crippen molar-refractivity contribution in [3.8, 4) is 0 Å². The third-order valence-corrected chi connectivity index (χ3v) is 9.76. The molecular formula is C28H34FN5O7S. The van der Waals surface area contributed by atoms with Gasteiger partial charge in [-0.25, -0.2) is 26.7 Å². The van der Waals surface area contributed by atoms with Crippen molar-refractivity contribution in [2.75, 3.05) is 39.5 Å². The van der Waals surface area contributed by atoms with E-state index in [0.29, 0.717) is 36.8 Å². The van der Waals surface area contributed by atoms with Crippen LogP contribution in [0.4, 0.5) is 14.0 Å². The van der Waals surface area contributed by atoms with E-state index in [-0.39, 0.29) is 56.2 Å². The molecule has 1 aromatic rings. The molecular weight excluding hydrogens is 569 g/mol. The maximum atomic E-state index is 13.8. The second-order valence-electron chi connectivity index (χ2n) is 11.1. The molecule has 2 aliphatic carbocycles. The Kier molecular flexibility index (Phi) is 8.12. The van der Waals surface area contributed by atoms with Crippen LogP contribution >= 0.6 is 0 Å². The number of ether oxygens (including phenoxy) is 1. The summed E-state index contributed by atoms with van der Waals surface area (Å²) in [6.07, 6.45) is 5.38. The fourth-order valence-electron chi connectivity index (χ4n) is 6.25. The number of carbonyl (C=O) groups excluding carboxylic acids is 4. The molecule has 12 nitrogen and oxygen atoms in total. The first kappa shape index (κ1) is 29.7. The standard InChI is InChI=1S/C28H34FN5O7S/c1-30-26(37)31-23-8-7-22-21(25(23)36)9-12-28(22)17-32(27(38)41-28)16-24(35)34(15-18-3-5-19(29)6-4-18)20-10-13-33(14-11-20)42(2,39)40/h3-8,20-21H,9-17H2,1-2H3,(H2,30,31,37)/t21?,28-/m0/s1. The van der Waals surface area contributed by atoms with Gasteiger partial charge in [-0.15, -0.1) is 0 Å². The van der Waals surface area contributed by atoms with Crippen LogP contribution in [0.5, 0.6) is 0 Å². The quantitative estimate of drug-likeness (QED) is 0.481. The molecule has 1 unspecified atom stereocenters. The Labute approximate surface area is 243 Å². The zero-order valence-electron chi connectivity index (χ0n) is 23.5. The van der Waals surface area contributed by atoms with Crippen molar-refractivity contribution >= 4 is 33.8 Å². The minimum Gasteiger partial charge on any atom is -0.436 e. The molecule has 2 atom stereocenters. The number of fused-ring (bicyclic) bond motifs is 2. The summed E-state index contributed by atoms with van der Waals surface area (Å²) in [6, 6.07) is 5.01. The van der Waals surface area contributed by atoms with Crippen molar-refractivity contribution in [3.63, 3.8) is 0 Å². The van der Waals surface area contributed by atoms with E-state index >= 15 is 0 Å². The van der Waals surface area contributed by atoms with Crippen LogP contribution in [-0.2, 0) is 30.9 Å². The summed E-state index contributed by atoms with van der Waals surface area (Å²) in [4.78, 5) is 54.5. The van der Waals surface area contributed by atoms with Gasteiger partial charge >= 0.3 is 12.1 Å². The third kappa shape index (κ3) is 5.91. The van der Waals surface area contributed by atoms with Crippen molar-refractivity contribution in [1.29, 1.82) is 0 Å². The number of benzene rings is 1. The lowest BCUT2D eigenvalue weighted by molar-refractivity contribution is -0.135. The average Bonchev–Trinajstić information content (AvgIpc) is 3.47. The summed E-state index contributed by atoms with van der Waals surface area (Å²) in [5.41, 5.74) is 0.465. The second kappa shape index (κ2) is 11.5. The molecule has 2 N–H and O–H groups in total. The Balaban J connectivity index is 1.32. The van der Waals surface area contributed by atoms with Crippen molar-refractivity contribution in [3.05, 3.63) is 59.1 Å². The summed E-state index contributed by atoms with van der Waals surface area (Å²) in [7, 11) is -1.91. The Morgan fingerprint density at radius 2 is 1.81 bits per heavy atom. The molecule has 0 aromatic heterocycles. The number of rotatable bonds is 7. The van der Waals surface area contributed by atoms with Crippen molar-refractivity contribution < 1.29 is 36.7 Å². The lowest BCUT2D eigenvalue weighted by atomic mass is 9.85. The monoisotopic (exact) mass is 603 g/mol. The van der Waals surface area contributed by atoms with Crippen molar-refractivity contribution in [2.45, 2.75) is 43.9 Å². The van der Waals surface area contributed by atoms with Crippen LogP contribution < -0.4 is 10.6 Å². The maximum Gasteiger partial charge on any atom is 0.411 e. The van der Waals surface area contributed by atoms with Crippen molar-refractivity contribution in [2.24, 2.45) is 5.92 Å². The fraction of sp³-hybridized carbons (Fsp3) is 0.500. The number of nitrogens with one attached hydrogen (secondary N) is 2. The molecule has 14 heteroatoms. The average molecular weight is 604 g/mol. The highest BCUT2D eigenvalue weighted by molar-refractivity contribution is 7.88. The number of carbonyl (C=O) groups is 4. The van der Waals surface area contributed by atoms with Gasteiger partial charge in [0.05, 0.1) is 18.5 Å². The molecule has 226 valence electrons. The van der Waals surface area contributed by atoms with Gasteiger partial charge in [0.25, 0.3) is 0 Å². The Morgan fingerprint density at radius 1 is 1.12 bits per heavy atom. The summed E-state index contributed by atoms with van der Waals surface area (Å²) in [5, 5.41) is 4.93. The van der Waals surface area contributed by atoms with E-state index in [0.717, 1.165) is 6.26 Å². The predicted molar refractivity (Wildman–Crippen MR) is 149 cm³/mol. The number of Topliss-reactive ketones (excluding diaryl/α,β-unsaturated/α-hetero) is 1. The van der Waals surface area contributed by atoms with E-state index in [9.17, 15) is 32.0 Å². The SMILES string of the molecule is CNC(=O)NC1=CC=C2C(CC[C@]23CN(CC(=O)N(Cc2ccc(F)cc2)C2CCN(S(C)(=O)=O)CC2)C(=O)O3)C1=O. The van der Waals surface area contributed by atoms with E-state index in [2.05, 4.69) is 10.6 Å². The van der Waals surface area contributed by atoms with Gasteiger partial charge in [0.2, 0.25) is 15.9 Å². The van der Waals surface area contributed by atoms with Crippen LogP contribution in [0.2, 0.25) is 0 Å². The summed E-state index contributed by atoms with van der Waals surface area (Å²) < 4.78 is 44.8. The van der Waals surface area contributed by atoms with E-state index in [1.165, 1.54) is 34.5 Å². The van der Waals surface area contributed by atoms with Gasteiger partial charge in [-0.2, -0.15) is 0 Å². The number of hydrogen-bond donors (Lipinski definition) is 2. The topological polar surface area (TPSA) is 145 Å². The predicted octanol–water partition coefficient (Wildman–Crippen LogP) is 1.50. The molecule has 0 radical (unpaired) electrons. The number of ketones is 1. The van der Waals surface area contributed by atoms with Gasteiger partial charge in [0, 0.05) is 38.6 Å². The first-order valence-corrected chi connectivity index (χ1v) is 15.7. The van der Waals surface area contributed by atoms with Crippen LogP contribution in [0.1, 0.15) is 31.2 Å². The molecule has 1 saturated carbocycles. The van der Waals surface area contributed by atoms with Crippen LogP contribution in [0, 0.1) is 11.7 Å². The molecule has 1 aromatic carbocycles. The van der Waals surface area contributed by atoms with Crippen LogP contribution in [0.15, 0.2) is 47.7 Å². The molecule has 4 aliphatic rings. The number of nitrogens with zero attached hydrogens (tertiary/aromatic N) is 3. The highest BCUT2D eigenvalue weighted by atomic mass is 32.2. The van der Waals surface area contributed by atoms with Crippen LogP contribution in [-0.4, -0.2) is 97.5 Å². The molecule has 0 bridgehead atoms. The number of hydrogen-bond acceptors (Lipinski definition) is 7. The minimum absolute atomic E-state index is 0.0934. The Bertz CT molecular complexity index is 1450. The number of amides is 4. The molecule has 1 spiro atoms. The largest absolute Gasteiger partial charge is 0.436 e. The number of piperidine rings is 1. The first-order chi connectivity index (χ1) is 19.9. The van der Waals surface area contributed by atoms with Crippen LogP contribution in [0.25, 0.3) is 0 Å². The third-order valence-electron chi connectivity index (χ3n) is 8.46. The molecule has 5 rings (SSSR count). The van der Waals surface area contributed by atoms with Gasteiger partial charge < -0.3 is 20.3 Å². The van der Waals surface area contributed by atoms with Crippen molar-refractivity contribution in [1.82, 2.24) is 24.7 Å². The number of sulfonamides is 1. The van der Waals surface area contributed by atoms with Gasteiger partial charge in [-0.3, -0.25) is 14.5 Å². The van der Waals surface area contributed by atoms with E-state index in [1.807, 2.05) is 0 Å². The smallest absolute Gasteiger partial charge is 0.411 e. The number of urea groups is 1. The summed E-state index contributed by atoms with van der Waals surface area (Å²) in [5.74, 6) is -1.55. The fourth-order valence-corrected chi connectivity index (χ4v) is 7.12. The highest BCUT2D eigenvalue weighted by Crippen LogP contribution is 2.48. The maximum absolute atomic E-state index is 13.8.